The molecule has 0 fully saturated rings. The lowest BCUT2D eigenvalue weighted by Gasteiger charge is -2.16. The number of aliphatic hydroxyl groups is 1. The number of hydrogen-bond donors (Lipinski definition) is 3. The average Bonchev–Trinajstić information content (AvgIpc) is 1.97. The SMILES string of the molecule is CC(O)C(NC(=O)C(Cl)Cl)C(=O)O. The number of aliphatic carboxylic acids is 1. The van der Waals surface area contributed by atoms with E-state index in [-0.39, 0.29) is 0 Å². The first-order valence-electron chi connectivity index (χ1n) is 3.35. The third kappa shape index (κ3) is 4.31. The molecule has 0 aliphatic rings. The number of carbonyl (C=O) groups is 2. The molecular weight excluding hydrogens is 221 g/mol. The highest BCUT2D eigenvalue weighted by Crippen LogP contribution is 2.02. The van der Waals surface area contributed by atoms with Gasteiger partial charge in [-0.15, -0.1) is 0 Å². The molecule has 2 unspecified atom stereocenters. The summed E-state index contributed by atoms with van der Waals surface area (Å²) in [6.45, 7) is 1.23. The molecule has 0 aliphatic heterocycles. The monoisotopic (exact) mass is 229 g/mol. The van der Waals surface area contributed by atoms with Crippen molar-refractivity contribution in [3.8, 4) is 0 Å². The van der Waals surface area contributed by atoms with Crippen LogP contribution in [0.3, 0.4) is 0 Å². The maximum absolute atomic E-state index is 10.8. The Labute approximate surface area is 84.6 Å². The number of carbonyl (C=O) groups excluding carboxylic acids is 1. The highest BCUT2D eigenvalue weighted by atomic mass is 35.5. The highest BCUT2D eigenvalue weighted by molar-refractivity contribution is 6.53. The van der Waals surface area contributed by atoms with Crippen LogP contribution in [0.1, 0.15) is 6.92 Å². The summed E-state index contributed by atoms with van der Waals surface area (Å²) in [5.41, 5.74) is 0. The van der Waals surface area contributed by atoms with Crippen LogP contribution in [-0.2, 0) is 9.59 Å². The van der Waals surface area contributed by atoms with E-state index in [1.54, 1.807) is 0 Å². The van der Waals surface area contributed by atoms with Gasteiger partial charge in [0.15, 0.2) is 10.9 Å². The van der Waals surface area contributed by atoms with Gasteiger partial charge >= 0.3 is 5.97 Å². The Morgan fingerprint density at radius 2 is 1.85 bits per heavy atom. The summed E-state index contributed by atoms with van der Waals surface area (Å²) in [5, 5.41) is 19.4. The predicted molar refractivity (Wildman–Crippen MR) is 46.7 cm³/mol. The zero-order chi connectivity index (χ0) is 10.6. The van der Waals surface area contributed by atoms with Crippen molar-refractivity contribution in [1.82, 2.24) is 5.32 Å². The predicted octanol–water partition coefficient (Wildman–Crippen LogP) is -0.260. The Morgan fingerprint density at radius 1 is 1.38 bits per heavy atom. The lowest BCUT2D eigenvalue weighted by molar-refractivity contribution is -0.144. The van der Waals surface area contributed by atoms with Gasteiger partial charge in [0.2, 0.25) is 0 Å². The first kappa shape index (κ1) is 12.5. The van der Waals surface area contributed by atoms with Gasteiger partial charge in [-0.25, -0.2) is 4.79 Å². The van der Waals surface area contributed by atoms with Crippen molar-refractivity contribution in [3.63, 3.8) is 0 Å². The zero-order valence-electron chi connectivity index (χ0n) is 6.70. The van der Waals surface area contributed by atoms with Crippen molar-refractivity contribution in [3.05, 3.63) is 0 Å². The van der Waals surface area contributed by atoms with E-state index >= 15 is 0 Å². The molecule has 76 valence electrons. The minimum absolute atomic E-state index is 0.850. The molecule has 0 rings (SSSR count). The summed E-state index contributed by atoms with van der Waals surface area (Å²) >= 11 is 10.3. The van der Waals surface area contributed by atoms with Crippen molar-refractivity contribution in [1.29, 1.82) is 0 Å². The number of amides is 1. The molecule has 0 saturated heterocycles. The van der Waals surface area contributed by atoms with E-state index in [0.29, 0.717) is 0 Å². The fourth-order valence-electron chi connectivity index (χ4n) is 0.605. The van der Waals surface area contributed by atoms with E-state index in [4.69, 9.17) is 33.4 Å². The van der Waals surface area contributed by atoms with Gasteiger partial charge in [0.1, 0.15) is 0 Å². The van der Waals surface area contributed by atoms with E-state index in [0.717, 1.165) is 0 Å². The van der Waals surface area contributed by atoms with Crippen molar-refractivity contribution in [2.75, 3.05) is 0 Å². The number of hydrogen-bond acceptors (Lipinski definition) is 3. The van der Waals surface area contributed by atoms with Crippen LogP contribution in [0.2, 0.25) is 0 Å². The van der Waals surface area contributed by atoms with E-state index < -0.39 is 28.9 Å². The van der Waals surface area contributed by atoms with E-state index in [2.05, 4.69) is 0 Å². The quantitative estimate of drug-likeness (QED) is 0.580. The minimum Gasteiger partial charge on any atom is -0.480 e. The first-order chi connectivity index (χ1) is 5.86. The van der Waals surface area contributed by atoms with Crippen LogP contribution >= 0.6 is 23.2 Å². The van der Waals surface area contributed by atoms with Crippen LogP contribution in [0.15, 0.2) is 0 Å². The molecule has 7 heteroatoms. The second-order valence-corrected chi connectivity index (χ2v) is 3.46. The maximum atomic E-state index is 10.8. The molecule has 0 heterocycles. The van der Waals surface area contributed by atoms with Gasteiger partial charge in [-0.1, -0.05) is 23.2 Å². The van der Waals surface area contributed by atoms with Gasteiger partial charge in [-0.2, -0.15) is 0 Å². The molecule has 0 bridgehead atoms. The number of carboxylic acid groups (broad SMARTS) is 1. The molecule has 2 atom stereocenters. The summed E-state index contributed by atoms with van der Waals surface area (Å²) in [7, 11) is 0. The number of alkyl halides is 2. The second kappa shape index (κ2) is 5.26. The van der Waals surface area contributed by atoms with Crippen molar-refractivity contribution in [2.24, 2.45) is 0 Å². The van der Waals surface area contributed by atoms with Crippen LogP contribution in [0.4, 0.5) is 0 Å². The summed E-state index contributed by atoms with van der Waals surface area (Å²) in [4.78, 5) is 19.9. The molecule has 0 aromatic carbocycles. The Kier molecular flexibility index (Phi) is 5.05. The van der Waals surface area contributed by atoms with E-state index in [1.165, 1.54) is 6.92 Å². The van der Waals surface area contributed by atoms with Gasteiger partial charge < -0.3 is 15.5 Å². The summed E-state index contributed by atoms with van der Waals surface area (Å²) in [6.07, 6.45) is -1.21. The molecule has 3 N–H and O–H groups in total. The Bertz CT molecular complexity index is 207. The smallest absolute Gasteiger partial charge is 0.328 e. The van der Waals surface area contributed by atoms with Crippen LogP contribution < -0.4 is 5.32 Å². The van der Waals surface area contributed by atoms with Crippen LogP contribution in [0.5, 0.6) is 0 Å². The normalized spacial score (nSPS) is 15.2. The standard InChI is InChI=1S/C6H9Cl2NO4/c1-2(10)3(6(12)13)9-5(11)4(7)8/h2-4,10H,1H3,(H,9,11)(H,12,13). The number of rotatable bonds is 4. The molecule has 0 spiro atoms. The molecule has 0 radical (unpaired) electrons. The highest BCUT2D eigenvalue weighted by Gasteiger charge is 2.26. The molecule has 13 heavy (non-hydrogen) atoms. The van der Waals surface area contributed by atoms with Gasteiger partial charge in [-0.05, 0) is 6.92 Å². The van der Waals surface area contributed by atoms with Gasteiger partial charge in [0.05, 0.1) is 6.10 Å². The maximum Gasteiger partial charge on any atom is 0.328 e. The van der Waals surface area contributed by atoms with Gasteiger partial charge in [0, 0.05) is 0 Å². The summed E-state index contributed by atoms with van der Waals surface area (Å²) in [6, 6.07) is -1.40. The fraction of sp³-hybridized carbons (Fsp3) is 0.667. The minimum atomic E-state index is -1.40. The molecule has 0 saturated carbocycles. The van der Waals surface area contributed by atoms with E-state index in [9.17, 15) is 9.59 Å². The molecule has 1 amide bonds. The molecular formula is C6H9Cl2NO4. The molecule has 0 aromatic heterocycles. The number of carboxylic acids is 1. The fourth-order valence-corrected chi connectivity index (χ4v) is 0.731. The van der Waals surface area contributed by atoms with Crippen LogP contribution in [0.25, 0.3) is 0 Å². The van der Waals surface area contributed by atoms with Crippen LogP contribution in [-0.4, -0.2) is 39.1 Å². The first-order valence-corrected chi connectivity index (χ1v) is 4.23. The topological polar surface area (TPSA) is 86.6 Å². The van der Waals surface area contributed by atoms with Crippen molar-refractivity contribution in [2.45, 2.75) is 23.9 Å². The summed E-state index contributed by atoms with van der Waals surface area (Å²) < 4.78 is 0. The van der Waals surface area contributed by atoms with Crippen LogP contribution in [0, 0.1) is 0 Å². The lowest BCUT2D eigenvalue weighted by atomic mass is 10.2. The second-order valence-electron chi connectivity index (χ2n) is 2.37. The largest absolute Gasteiger partial charge is 0.480 e. The third-order valence-corrected chi connectivity index (χ3v) is 1.64. The van der Waals surface area contributed by atoms with Crippen molar-refractivity contribution >= 4 is 35.1 Å². The molecule has 5 nitrogen and oxygen atoms in total. The lowest BCUT2D eigenvalue weighted by Crippen LogP contribution is -2.49. The van der Waals surface area contributed by atoms with Gasteiger partial charge in [0.25, 0.3) is 5.91 Å². The Hall–Kier alpha value is -0.520. The Balaban J connectivity index is 4.27. The number of nitrogens with one attached hydrogen (secondary N) is 1. The Morgan fingerprint density at radius 3 is 2.08 bits per heavy atom. The number of aliphatic hydroxyl groups excluding tert-OH is 1. The van der Waals surface area contributed by atoms with Gasteiger partial charge in [-0.3, -0.25) is 4.79 Å². The molecule has 0 aliphatic carbocycles. The third-order valence-electron chi connectivity index (χ3n) is 1.24. The number of halogens is 2. The van der Waals surface area contributed by atoms with Crippen molar-refractivity contribution < 1.29 is 19.8 Å². The average molecular weight is 230 g/mol. The summed E-state index contributed by atoms with van der Waals surface area (Å²) in [5.74, 6) is -2.20. The zero-order valence-corrected chi connectivity index (χ0v) is 8.21. The van der Waals surface area contributed by atoms with E-state index in [1.807, 2.05) is 5.32 Å². The molecule has 0 aromatic rings.